The molecular weight excluding hydrogens is 554 g/mol. The number of para-hydroxylation sites is 1. The van der Waals surface area contributed by atoms with E-state index in [1.807, 2.05) is 67.6 Å². The molecule has 6 rings (SSSR count). The Balaban J connectivity index is 1.32. The summed E-state index contributed by atoms with van der Waals surface area (Å²) in [5.74, 6) is -0.448. The number of nitrogens with zero attached hydrogens (tertiary/aromatic N) is 1. The van der Waals surface area contributed by atoms with Crippen LogP contribution in [0.4, 0.5) is 5.69 Å². The summed E-state index contributed by atoms with van der Waals surface area (Å²) in [5, 5.41) is 6.36. The molecule has 2 N–H and O–H groups in total. The molecule has 3 amide bonds. The average molecular weight is 600 g/mol. The number of carbonyl (C=O) groups excluding carboxylic acids is 3. The van der Waals surface area contributed by atoms with Gasteiger partial charge in [-0.15, -0.1) is 0 Å². The highest BCUT2D eigenvalue weighted by Crippen LogP contribution is 2.55. The summed E-state index contributed by atoms with van der Waals surface area (Å²) in [4.78, 5) is 44.3. The maximum atomic E-state index is 14.5. The summed E-state index contributed by atoms with van der Waals surface area (Å²) >= 11 is 0. The molecule has 234 valence electrons. The fraction of sp³-hybridized carbons (Fsp3) is 0.528. The lowest BCUT2D eigenvalue weighted by Gasteiger charge is -2.38. The van der Waals surface area contributed by atoms with Gasteiger partial charge in [-0.25, -0.2) is 0 Å². The van der Waals surface area contributed by atoms with E-state index < -0.39 is 29.6 Å². The number of amides is 3. The zero-order chi connectivity index (χ0) is 31.2. The molecule has 1 saturated carbocycles. The first-order chi connectivity index (χ1) is 21.1. The molecule has 3 fully saturated rings. The minimum Gasteiger partial charge on any atom is -0.494 e. The molecule has 0 radical (unpaired) electrons. The van der Waals surface area contributed by atoms with Crippen LogP contribution >= 0.6 is 0 Å². The van der Waals surface area contributed by atoms with Crippen molar-refractivity contribution in [2.24, 2.45) is 23.7 Å². The minimum absolute atomic E-state index is 0.0184. The van der Waals surface area contributed by atoms with Crippen molar-refractivity contribution in [3.8, 4) is 5.75 Å². The molecule has 4 aliphatic rings. The number of fused-ring (bicyclic) bond motifs is 1. The van der Waals surface area contributed by atoms with Gasteiger partial charge in [0.15, 0.2) is 0 Å². The van der Waals surface area contributed by atoms with Gasteiger partial charge >= 0.3 is 0 Å². The van der Waals surface area contributed by atoms with Gasteiger partial charge in [-0.1, -0.05) is 83.0 Å². The summed E-state index contributed by atoms with van der Waals surface area (Å²) < 4.78 is 12.4. The molecule has 3 heterocycles. The predicted octanol–water partition coefficient (Wildman–Crippen LogP) is 5.44. The molecule has 2 bridgehead atoms. The first-order valence-corrected chi connectivity index (χ1v) is 16.2. The molecule has 6 unspecified atom stereocenters. The second kappa shape index (κ2) is 12.0. The van der Waals surface area contributed by atoms with E-state index in [-0.39, 0.29) is 30.3 Å². The number of hydrogen-bond acceptors (Lipinski definition) is 5. The maximum Gasteiger partial charge on any atom is 0.246 e. The number of ether oxygens (including phenoxy) is 2. The van der Waals surface area contributed by atoms with Crippen LogP contribution in [0.1, 0.15) is 70.9 Å². The van der Waals surface area contributed by atoms with Gasteiger partial charge in [0.25, 0.3) is 0 Å². The van der Waals surface area contributed by atoms with Gasteiger partial charge in [0.1, 0.15) is 17.4 Å². The largest absolute Gasteiger partial charge is 0.494 e. The van der Waals surface area contributed by atoms with Crippen LogP contribution in [0.3, 0.4) is 0 Å². The van der Waals surface area contributed by atoms with Gasteiger partial charge in [-0.3, -0.25) is 14.4 Å². The number of hydrogen-bond donors (Lipinski definition) is 2. The van der Waals surface area contributed by atoms with E-state index in [9.17, 15) is 14.4 Å². The molecule has 3 aliphatic heterocycles. The number of carbonyl (C=O) groups is 3. The van der Waals surface area contributed by atoms with Crippen molar-refractivity contribution in [3.63, 3.8) is 0 Å². The van der Waals surface area contributed by atoms with E-state index in [2.05, 4.69) is 38.3 Å². The van der Waals surface area contributed by atoms with Gasteiger partial charge in [0.05, 0.1) is 31.1 Å². The van der Waals surface area contributed by atoms with Crippen LogP contribution in [0, 0.1) is 23.7 Å². The molecule has 1 spiro atoms. The topological polar surface area (TPSA) is 97.0 Å². The van der Waals surface area contributed by atoms with Crippen LogP contribution in [-0.4, -0.2) is 53.0 Å². The van der Waals surface area contributed by atoms with E-state index >= 15 is 0 Å². The van der Waals surface area contributed by atoms with E-state index in [1.165, 1.54) is 5.56 Å². The Morgan fingerprint density at radius 3 is 2.55 bits per heavy atom. The summed E-state index contributed by atoms with van der Waals surface area (Å²) in [6.45, 7) is 11.2. The Labute approximate surface area is 260 Å². The molecular formula is C36H45N3O5. The Kier molecular flexibility index (Phi) is 8.31. The second-order valence-electron chi connectivity index (χ2n) is 13.4. The van der Waals surface area contributed by atoms with Crippen molar-refractivity contribution in [2.75, 3.05) is 11.9 Å². The Hall–Kier alpha value is -3.65. The predicted molar refractivity (Wildman–Crippen MR) is 169 cm³/mol. The summed E-state index contributed by atoms with van der Waals surface area (Å²) in [6, 6.07) is 14.5. The van der Waals surface area contributed by atoms with E-state index in [0.29, 0.717) is 35.8 Å². The molecule has 1 aliphatic carbocycles. The molecule has 0 aromatic heterocycles. The third kappa shape index (κ3) is 5.21. The molecule has 8 heteroatoms. The third-order valence-electron chi connectivity index (χ3n) is 10.4. The first-order valence-electron chi connectivity index (χ1n) is 16.2. The van der Waals surface area contributed by atoms with Crippen molar-refractivity contribution >= 4 is 23.4 Å². The zero-order valence-electron chi connectivity index (χ0n) is 26.4. The maximum absolute atomic E-state index is 14.5. The quantitative estimate of drug-likeness (QED) is 0.375. The van der Waals surface area contributed by atoms with Gasteiger partial charge in [-0.2, -0.15) is 0 Å². The fourth-order valence-electron chi connectivity index (χ4n) is 7.78. The van der Waals surface area contributed by atoms with E-state index in [4.69, 9.17) is 9.47 Å². The number of anilines is 1. The molecule has 2 aromatic rings. The highest BCUT2D eigenvalue weighted by atomic mass is 16.5. The highest BCUT2D eigenvalue weighted by molar-refractivity contribution is 6.02. The average Bonchev–Trinajstić information content (AvgIpc) is 3.64. The van der Waals surface area contributed by atoms with Crippen molar-refractivity contribution in [3.05, 3.63) is 71.8 Å². The Morgan fingerprint density at radius 2 is 1.82 bits per heavy atom. The van der Waals surface area contributed by atoms with Crippen LogP contribution in [0.25, 0.3) is 0 Å². The number of nitrogens with one attached hydrogen (secondary N) is 2. The van der Waals surface area contributed by atoms with Crippen LogP contribution < -0.4 is 15.4 Å². The first kappa shape index (κ1) is 30.4. The number of likely N-dealkylation sites (tertiary alicyclic amines) is 1. The third-order valence-corrected chi connectivity index (χ3v) is 10.4. The lowest BCUT2D eigenvalue weighted by Crippen LogP contribution is -2.57. The molecule has 8 atom stereocenters. The zero-order valence-corrected chi connectivity index (χ0v) is 26.4. The van der Waals surface area contributed by atoms with E-state index in [1.54, 1.807) is 4.90 Å². The van der Waals surface area contributed by atoms with Crippen molar-refractivity contribution in [1.82, 2.24) is 10.2 Å². The number of benzene rings is 2. The molecule has 2 aromatic carbocycles. The normalized spacial score (nSPS) is 32.2. The fourth-order valence-corrected chi connectivity index (χ4v) is 7.78. The summed E-state index contributed by atoms with van der Waals surface area (Å²) in [6.07, 6.45) is 6.25. The minimum atomic E-state index is -1.22. The molecule has 8 nitrogen and oxygen atoms in total. The molecule has 44 heavy (non-hydrogen) atoms. The van der Waals surface area contributed by atoms with Crippen LogP contribution in [-0.2, 0) is 25.7 Å². The lowest BCUT2D eigenvalue weighted by atomic mass is 9.73. The monoisotopic (exact) mass is 599 g/mol. The van der Waals surface area contributed by atoms with Gasteiger partial charge < -0.3 is 25.0 Å². The van der Waals surface area contributed by atoms with Gasteiger partial charge in [-0.05, 0) is 54.9 Å². The summed E-state index contributed by atoms with van der Waals surface area (Å²) in [5.41, 5.74) is 1.43. The Bertz CT molecular complexity index is 1440. The van der Waals surface area contributed by atoms with Crippen molar-refractivity contribution in [2.45, 2.75) is 90.1 Å². The standard InChI is InChI=1S/C36H45N3O5/c1-6-43-28-13-8-7-11-25(28)20-39-32(34(41)38-27-12-9-10-22(4)23(27)5)36-19-18-29(44-36)30(31(36)35(39)42)33(40)37-26-16-14-24(15-17-26)21(2)3/h7-8,11,13-19,21-23,27,29-32H,6,9-10,12,20H2,1-5H3,(H,37,40)(H,38,41)/t22?,23?,27?,29-,30?,31-,32?,36?/m1/s1. The summed E-state index contributed by atoms with van der Waals surface area (Å²) in [7, 11) is 0. The number of rotatable bonds is 9. The second-order valence-corrected chi connectivity index (χ2v) is 13.4. The Morgan fingerprint density at radius 1 is 1.07 bits per heavy atom. The van der Waals surface area contributed by atoms with Gasteiger partial charge in [0, 0.05) is 17.3 Å². The molecule has 2 saturated heterocycles. The smallest absolute Gasteiger partial charge is 0.246 e. The lowest BCUT2D eigenvalue weighted by molar-refractivity contribution is -0.142. The van der Waals surface area contributed by atoms with E-state index in [0.717, 1.165) is 24.8 Å². The van der Waals surface area contributed by atoms with Crippen molar-refractivity contribution in [1.29, 1.82) is 0 Å². The van der Waals surface area contributed by atoms with Crippen LogP contribution in [0.15, 0.2) is 60.7 Å². The van der Waals surface area contributed by atoms with Crippen LogP contribution in [0.2, 0.25) is 0 Å². The SMILES string of the molecule is CCOc1ccccc1CN1C(=O)[C@H]2C(C(=O)Nc3ccc(C(C)C)cc3)[C@H]3C=CC2(O3)C1C(=O)NC1CCCC(C)C1C. The van der Waals surface area contributed by atoms with Crippen LogP contribution in [0.5, 0.6) is 5.75 Å². The van der Waals surface area contributed by atoms with Crippen molar-refractivity contribution < 1.29 is 23.9 Å². The highest BCUT2D eigenvalue weighted by Gasteiger charge is 2.72. The van der Waals surface area contributed by atoms with Gasteiger partial charge in [0.2, 0.25) is 17.7 Å².